The topological polar surface area (TPSA) is 46.2 Å². The summed E-state index contributed by atoms with van der Waals surface area (Å²) in [5.41, 5.74) is 0. The predicted molar refractivity (Wildman–Crippen MR) is 62.1 cm³/mol. The summed E-state index contributed by atoms with van der Waals surface area (Å²) in [5, 5.41) is 0. The molecule has 1 heterocycles. The first-order chi connectivity index (χ1) is 7.33. The van der Waals surface area contributed by atoms with Gasteiger partial charge in [0.1, 0.15) is 41.3 Å². The molecular formula is C9H17IO5. The number of hydrogen-bond donors (Lipinski definition) is 0. The van der Waals surface area contributed by atoms with Crippen LogP contribution < -0.4 is 0 Å². The van der Waals surface area contributed by atoms with Crippen LogP contribution in [-0.2, 0) is 22.0 Å². The Labute approximate surface area is 104 Å². The molecule has 0 aromatic rings. The summed E-state index contributed by atoms with van der Waals surface area (Å²) in [6.45, 7) is 2.21. The van der Waals surface area contributed by atoms with Crippen LogP contribution in [0.4, 0.5) is 0 Å². The molecule has 3 unspecified atom stereocenters. The van der Waals surface area contributed by atoms with E-state index in [9.17, 15) is 0 Å². The summed E-state index contributed by atoms with van der Waals surface area (Å²) in [7, 11) is 3.29. The molecule has 0 bridgehead atoms. The minimum absolute atomic E-state index is 0.0304. The maximum absolute atomic E-state index is 5.59. The van der Waals surface area contributed by atoms with E-state index in [0.29, 0.717) is 26.4 Å². The van der Waals surface area contributed by atoms with E-state index in [4.69, 9.17) is 22.0 Å². The summed E-state index contributed by atoms with van der Waals surface area (Å²) in [6, 6.07) is 0. The number of rotatable bonds is 7. The Morgan fingerprint density at radius 2 is 2.07 bits per heavy atom. The standard InChI is InChI=1S/C9H17IO5/c1-11-3-4-13-8-6-14-7(5-12-2)9(8)15-10/h7-9H,3-6H2,1-2H3. The van der Waals surface area contributed by atoms with E-state index in [0.717, 1.165) is 0 Å². The quantitative estimate of drug-likeness (QED) is 0.510. The second kappa shape index (κ2) is 7.75. The van der Waals surface area contributed by atoms with E-state index in [1.165, 1.54) is 0 Å². The minimum Gasteiger partial charge on any atom is -0.382 e. The van der Waals surface area contributed by atoms with Crippen molar-refractivity contribution < 1.29 is 22.0 Å². The van der Waals surface area contributed by atoms with Crippen molar-refractivity contribution in [2.75, 3.05) is 40.6 Å². The van der Waals surface area contributed by atoms with Gasteiger partial charge < -0.3 is 22.0 Å². The van der Waals surface area contributed by atoms with Gasteiger partial charge in [0.25, 0.3) is 0 Å². The summed E-state index contributed by atoms with van der Waals surface area (Å²) >= 11 is 1.87. The van der Waals surface area contributed by atoms with Gasteiger partial charge in [-0.05, 0) is 0 Å². The van der Waals surface area contributed by atoms with Crippen LogP contribution in [0.5, 0.6) is 0 Å². The summed E-state index contributed by atoms with van der Waals surface area (Å²) in [5.74, 6) is 0. The number of hydrogen-bond acceptors (Lipinski definition) is 5. The summed E-state index contributed by atoms with van der Waals surface area (Å²) in [4.78, 5) is 0. The zero-order valence-corrected chi connectivity index (χ0v) is 11.1. The molecule has 1 rings (SSSR count). The van der Waals surface area contributed by atoms with Gasteiger partial charge in [0.15, 0.2) is 0 Å². The van der Waals surface area contributed by atoms with Crippen molar-refractivity contribution in [3.63, 3.8) is 0 Å². The summed E-state index contributed by atoms with van der Waals surface area (Å²) < 4.78 is 26.4. The average Bonchev–Trinajstić information content (AvgIpc) is 2.62. The van der Waals surface area contributed by atoms with Crippen molar-refractivity contribution in [3.05, 3.63) is 0 Å². The van der Waals surface area contributed by atoms with Crippen molar-refractivity contribution in [1.82, 2.24) is 0 Å². The highest BCUT2D eigenvalue weighted by Gasteiger charge is 2.38. The van der Waals surface area contributed by atoms with Crippen LogP contribution in [0.3, 0.4) is 0 Å². The van der Waals surface area contributed by atoms with Crippen LogP contribution in [-0.4, -0.2) is 59.0 Å². The molecule has 5 nitrogen and oxygen atoms in total. The van der Waals surface area contributed by atoms with Gasteiger partial charge in [-0.15, -0.1) is 0 Å². The monoisotopic (exact) mass is 332 g/mol. The molecule has 0 aliphatic carbocycles. The van der Waals surface area contributed by atoms with E-state index in [1.54, 1.807) is 14.2 Å². The average molecular weight is 332 g/mol. The van der Waals surface area contributed by atoms with Crippen molar-refractivity contribution >= 4 is 23.0 Å². The highest BCUT2D eigenvalue weighted by molar-refractivity contribution is 14.1. The molecule has 1 aliphatic heterocycles. The lowest BCUT2D eigenvalue weighted by atomic mass is 10.1. The van der Waals surface area contributed by atoms with Crippen LogP contribution >= 0.6 is 23.0 Å². The van der Waals surface area contributed by atoms with Crippen LogP contribution in [0, 0.1) is 0 Å². The van der Waals surface area contributed by atoms with Crippen LogP contribution in [0.25, 0.3) is 0 Å². The van der Waals surface area contributed by atoms with Gasteiger partial charge in [-0.1, -0.05) is 0 Å². The molecule has 0 saturated carbocycles. The Morgan fingerprint density at radius 1 is 1.27 bits per heavy atom. The van der Waals surface area contributed by atoms with Gasteiger partial charge in [-0.2, -0.15) is 0 Å². The molecule has 1 aliphatic rings. The molecule has 0 aromatic carbocycles. The maximum atomic E-state index is 5.59. The van der Waals surface area contributed by atoms with Crippen molar-refractivity contribution in [3.8, 4) is 0 Å². The Bertz CT molecular complexity index is 169. The van der Waals surface area contributed by atoms with Gasteiger partial charge in [-0.25, -0.2) is 0 Å². The molecule has 90 valence electrons. The van der Waals surface area contributed by atoms with Crippen molar-refractivity contribution in [2.45, 2.75) is 18.3 Å². The Balaban J connectivity index is 2.31. The zero-order valence-electron chi connectivity index (χ0n) is 8.98. The molecule has 0 aromatic heterocycles. The first-order valence-corrected chi connectivity index (χ1v) is 5.70. The smallest absolute Gasteiger partial charge is 0.127 e. The molecule has 0 N–H and O–H groups in total. The van der Waals surface area contributed by atoms with Gasteiger partial charge in [0, 0.05) is 14.2 Å². The molecule has 0 amide bonds. The van der Waals surface area contributed by atoms with Crippen molar-refractivity contribution in [1.29, 1.82) is 0 Å². The van der Waals surface area contributed by atoms with E-state index < -0.39 is 0 Å². The molecular weight excluding hydrogens is 315 g/mol. The lowest BCUT2D eigenvalue weighted by Crippen LogP contribution is -2.35. The molecule has 1 saturated heterocycles. The fourth-order valence-corrected chi connectivity index (χ4v) is 2.15. The third-order valence-corrected chi connectivity index (χ3v) is 2.85. The highest BCUT2D eigenvalue weighted by Crippen LogP contribution is 2.22. The van der Waals surface area contributed by atoms with Gasteiger partial charge in [0.05, 0.1) is 26.4 Å². The third-order valence-electron chi connectivity index (χ3n) is 2.26. The molecule has 0 radical (unpaired) electrons. The second-order valence-corrected chi connectivity index (χ2v) is 3.79. The Kier molecular flexibility index (Phi) is 7.02. The molecule has 6 heteroatoms. The number of methoxy groups -OCH3 is 2. The Hall–Kier alpha value is 0.530. The highest BCUT2D eigenvalue weighted by atomic mass is 127. The van der Waals surface area contributed by atoms with Crippen molar-refractivity contribution in [2.24, 2.45) is 0 Å². The minimum atomic E-state index is -0.0672. The van der Waals surface area contributed by atoms with E-state index in [-0.39, 0.29) is 18.3 Å². The van der Waals surface area contributed by atoms with Gasteiger partial charge in [-0.3, -0.25) is 0 Å². The van der Waals surface area contributed by atoms with E-state index >= 15 is 0 Å². The molecule has 15 heavy (non-hydrogen) atoms. The first-order valence-electron chi connectivity index (χ1n) is 4.82. The number of halogens is 1. The largest absolute Gasteiger partial charge is 0.382 e. The molecule has 3 atom stereocenters. The lowest BCUT2D eigenvalue weighted by molar-refractivity contribution is -0.0178. The molecule has 0 spiro atoms. The fourth-order valence-electron chi connectivity index (χ4n) is 1.50. The van der Waals surface area contributed by atoms with E-state index in [1.807, 2.05) is 23.0 Å². The lowest BCUT2D eigenvalue weighted by Gasteiger charge is -2.19. The van der Waals surface area contributed by atoms with Crippen LogP contribution in [0.15, 0.2) is 0 Å². The molecule has 1 fully saturated rings. The van der Waals surface area contributed by atoms with Crippen LogP contribution in [0.2, 0.25) is 0 Å². The number of ether oxygens (including phenoxy) is 4. The maximum Gasteiger partial charge on any atom is 0.127 e. The van der Waals surface area contributed by atoms with Gasteiger partial charge >= 0.3 is 0 Å². The van der Waals surface area contributed by atoms with Crippen LogP contribution in [0.1, 0.15) is 0 Å². The normalized spacial score (nSPS) is 31.0. The zero-order chi connectivity index (χ0) is 11.1. The SMILES string of the molecule is COCCOC1COC(COC)C1OI. The van der Waals surface area contributed by atoms with E-state index in [2.05, 4.69) is 0 Å². The Morgan fingerprint density at radius 3 is 2.67 bits per heavy atom. The third kappa shape index (κ3) is 4.12. The predicted octanol–water partition coefficient (Wildman–Crippen LogP) is 0.798. The second-order valence-electron chi connectivity index (χ2n) is 3.28. The fraction of sp³-hybridized carbons (Fsp3) is 1.00. The first kappa shape index (κ1) is 13.6. The summed E-state index contributed by atoms with van der Waals surface area (Å²) in [6.07, 6.45) is -0.140. The van der Waals surface area contributed by atoms with Gasteiger partial charge in [0.2, 0.25) is 0 Å².